The smallest absolute Gasteiger partial charge is 0.258 e. The number of nitrogens with one attached hydrogen (secondary N) is 1. The first-order chi connectivity index (χ1) is 11.5. The van der Waals surface area contributed by atoms with Crippen LogP contribution in [-0.2, 0) is 4.79 Å². The first-order valence-electron chi connectivity index (χ1n) is 9.24. The van der Waals surface area contributed by atoms with Crippen LogP contribution in [0.3, 0.4) is 0 Å². The van der Waals surface area contributed by atoms with E-state index in [9.17, 15) is 9.90 Å². The second kappa shape index (κ2) is 5.98. The zero-order valence-corrected chi connectivity index (χ0v) is 14.3. The first kappa shape index (κ1) is 15.8. The van der Waals surface area contributed by atoms with Crippen LogP contribution >= 0.6 is 0 Å². The van der Waals surface area contributed by atoms with Crippen molar-refractivity contribution < 1.29 is 14.6 Å². The van der Waals surface area contributed by atoms with Crippen molar-refractivity contribution >= 4 is 5.91 Å². The molecule has 1 unspecified atom stereocenters. The number of carbonyl (C=O) groups is 1. The summed E-state index contributed by atoms with van der Waals surface area (Å²) >= 11 is 0. The molecule has 0 spiro atoms. The molecule has 4 bridgehead atoms. The highest BCUT2D eigenvalue weighted by Gasteiger charge is 2.53. The summed E-state index contributed by atoms with van der Waals surface area (Å²) in [6.45, 7) is 2.12. The SMILES string of the molecule is CC(NC(=O)COc1ccccc1O)C12CC3CC(CC(C3)C1)C2. The van der Waals surface area contributed by atoms with Gasteiger partial charge in [-0.1, -0.05) is 12.1 Å². The monoisotopic (exact) mass is 329 g/mol. The lowest BCUT2D eigenvalue weighted by atomic mass is 9.48. The molecule has 24 heavy (non-hydrogen) atoms. The fraction of sp³-hybridized carbons (Fsp3) is 0.650. The van der Waals surface area contributed by atoms with E-state index >= 15 is 0 Å². The summed E-state index contributed by atoms with van der Waals surface area (Å²) in [5, 5.41) is 12.9. The van der Waals surface area contributed by atoms with E-state index in [-0.39, 0.29) is 24.3 Å². The quantitative estimate of drug-likeness (QED) is 0.869. The van der Waals surface area contributed by atoms with Crippen LogP contribution < -0.4 is 10.1 Å². The molecule has 4 aliphatic rings. The number of rotatable bonds is 5. The summed E-state index contributed by atoms with van der Waals surface area (Å²) in [6.07, 6.45) is 8.07. The Hall–Kier alpha value is -1.71. The fourth-order valence-electron chi connectivity index (χ4n) is 5.87. The molecule has 1 amide bonds. The average Bonchev–Trinajstić information content (AvgIpc) is 2.53. The Bertz CT molecular complexity index is 592. The molecular formula is C20H27NO3. The van der Waals surface area contributed by atoms with E-state index in [1.165, 1.54) is 38.5 Å². The summed E-state index contributed by atoms with van der Waals surface area (Å²) in [4.78, 5) is 12.3. The molecule has 1 aromatic carbocycles. The van der Waals surface area contributed by atoms with Gasteiger partial charge in [-0.25, -0.2) is 0 Å². The van der Waals surface area contributed by atoms with Gasteiger partial charge in [0.1, 0.15) is 0 Å². The number of hydrogen-bond acceptors (Lipinski definition) is 3. The standard InChI is InChI=1S/C20H27NO3/c1-13(20-9-14-6-15(10-20)8-16(7-14)11-20)21-19(23)12-24-18-5-3-2-4-17(18)22/h2-5,13-16,22H,6-12H2,1H3,(H,21,23). The normalized spacial score (nSPS) is 34.8. The second-order valence-corrected chi connectivity index (χ2v) is 8.33. The van der Waals surface area contributed by atoms with Crippen molar-refractivity contribution in [3.63, 3.8) is 0 Å². The van der Waals surface area contributed by atoms with Gasteiger partial charge in [-0.05, 0) is 80.8 Å². The van der Waals surface area contributed by atoms with E-state index in [1.54, 1.807) is 24.3 Å². The lowest BCUT2D eigenvalue weighted by molar-refractivity contribution is -0.127. The second-order valence-electron chi connectivity index (χ2n) is 8.33. The molecule has 0 heterocycles. The van der Waals surface area contributed by atoms with Gasteiger partial charge in [-0.2, -0.15) is 0 Å². The molecule has 4 saturated carbocycles. The van der Waals surface area contributed by atoms with Crippen molar-refractivity contribution in [3.05, 3.63) is 24.3 Å². The number of amides is 1. The molecule has 1 atom stereocenters. The van der Waals surface area contributed by atoms with E-state index in [0.29, 0.717) is 11.2 Å². The Morgan fingerprint density at radius 2 is 1.79 bits per heavy atom. The third-order valence-corrected chi connectivity index (χ3v) is 6.61. The highest BCUT2D eigenvalue weighted by atomic mass is 16.5. The van der Waals surface area contributed by atoms with Crippen LogP contribution in [0.15, 0.2) is 24.3 Å². The number of hydrogen-bond donors (Lipinski definition) is 2. The van der Waals surface area contributed by atoms with Gasteiger partial charge >= 0.3 is 0 Å². The average molecular weight is 329 g/mol. The van der Waals surface area contributed by atoms with Gasteiger partial charge in [0.15, 0.2) is 18.1 Å². The molecule has 4 aliphatic carbocycles. The van der Waals surface area contributed by atoms with Crippen LogP contribution in [0, 0.1) is 23.2 Å². The van der Waals surface area contributed by atoms with Crippen molar-refractivity contribution in [3.8, 4) is 11.5 Å². The molecule has 4 nitrogen and oxygen atoms in total. The molecule has 2 N–H and O–H groups in total. The number of para-hydroxylation sites is 2. The fourth-order valence-corrected chi connectivity index (χ4v) is 5.87. The van der Waals surface area contributed by atoms with E-state index in [2.05, 4.69) is 12.2 Å². The largest absolute Gasteiger partial charge is 0.504 e. The van der Waals surface area contributed by atoms with Crippen molar-refractivity contribution in [1.29, 1.82) is 0 Å². The summed E-state index contributed by atoms with van der Waals surface area (Å²) < 4.78 is 5.46. The van der Waals surface area contributed by atoms with Gasteiger partial charge in [0.05, 0.1) is 0 Å². The van der Waals surface area contributed by atoms with Gasteiger partial charge in [0.2, 0.25) is 0 Å². The molecule has 0 aliphatic heterocycles. The number of aromatic hydroxyl groups is 1. The Morgan fingerprint density at radius 3 is 2.38 bits per heavy atom. The van der Waals surface area contributed by atoms with Crippen LogP contribution in [0.25, 0.3) is 0 Å². The number of ether oxygens (including phenoxy) is 1. The third kappa shape index (κ3) is 2.87. The van der Waals surface area contributed by atoms with E-state index in [1.807, 2.05) is 0 Å². The summed E-state index contributed by atoms with van der Waals surface area (Å²) in [5.41, 5.74) is 0.305. The van der Waals surface area contributed by atoms with Crippen molar-refractivity contribution in [2.75, 3.05) is 6.61 Å². The van der Waals surface area contributed by atoms with Gasteiger partial charge in [-0.3, -0.25) is 4.79 Å². The first-order valence-corrected chi connectivity index (χ1v) is 9.24. The summed E-state index contributed by atoms with van der Waals surface area (Å²) in [5.74, 6) is 2.98. The molecule has 4 heteroatoms. The Balaban J connectivity index is 1.35. The Morgan fingerprint density at radius 1 is 1.21 bits per heavy atom. The van der Waals surface area contributed by atoms with Crippen LogP contribution in [-0.4, -0.2) is 23.7 Å². The minimum atomic E-state index is -0.0958. The zero-order valence-electron chi connectivity index (χ0n) is 14.3. The van der Waals surface area contributed by atoms with Crippen molar-refractivity contribution in [2.45, 2.75) is 51.5 Å². The van der Waals surface area contributed by atoms with Crippen molar-refractivity contribution in [2.24, 2.45) is 23.2 Å². The number of benzene rings is 1. The molecule has 4 fully saturated rings. The summed E-state index contributed by atoms with van der Waals surface area (Å²) in [7, 11) is 0. The number of phenols is 1. The Labute approximate surface area is 143 Å². The minimum Gasteiger partial charge on any atom is -0.504 e. The lowest BCUT2D eigenvalue weighted by Crippen LogP contribution is -2.56. The summed E-state index contributed by atoms with van der Waals surface area (Å²) in [6, 6.07) is 6.95. The van der Waals surface area contributed by atoms with E-state index in [4.69, 9.17) is 4.74 Å². The van der Waals surface area contributed by atoms with Crippen LogP contribution in [0.5, 0.6) is 11.5 Å². The predicted molar refractivity (Wildman–Crippen MR) is 91.8 cm³/mol. The van der Waals surface area contributed by atoms with Gasteiger partial charge < -0.3 is 15.2 Å². The molecule has 1 aromatic rings. The van der Waals surface area contributed by atoms with Crippen LogP contribution in [0.4, 0.5) is 0 Å². The zero-order chi connectivity index (χ0) is 16.7. The molecule has 5 rings (SSSR count). The molecule has 0 radical (unpaired) electrons. The maximum Gasteiger partial charge on any atom is 0.258 e. The maximum absolute atomic E-state index is 12.3. The minimum absolute atomic E-state index is 0.0473. The highest BCUT2D eigenvalue weighted by Crippen LogP contribution is 2.61. The number of carbonyl (C=O) groups excluding carboxylic acids is 1. The number of phenolic OH excluding ortho intramolecular Hbond substituents is 1. The molecule has 130 valence electrons. The molecule has 0 saturated heterocycles. The van der Waals surface area contributed by atoms with Gasteiger partial charge in [0, 0.05) is 6.04 Å². The lowest BCUT2D eigenvalue weighted by Gasteiger charge is -2.59. The van der Waals surface area contributed by atoms with Crippen molar-refractivity contribution in [1.82, 2.24) is 5.32 Å². The van der Waals surface area contributed by atoms with Gasteiger partial charge in [-0.15, -0.1) is 0 Å². The topological polar surface area (TPSA) is 58.6 Å². The third-order valence-electron chi connectivity index (χ3n) is 6.61. The highest BCUT2D eigenvalue weighted by molar-refractivity contribution is 5.78. The predicted octanol–water partition coefficient (Wildman–Crippen LogP) is 3.49. The van der Waals surface area contributed by atoms with E-state index < -0.39 is 0 Å². The van der Waals surface area contributed by atoms with Crippen LogP contribution in [0.1, 0.15) is 45.4 Å². The van der Waals surface area contributed by atoms with Crippen LogP contribution in [0.2, 0.25) is 0 Å². The van der Waals surface area contributed by atoms with Gasteiger partial charge in [0.25, 0.3) is 5.91 Å². The molecular weight excluding hydrogens is 302 g/mol. The maximum atomic E-state index is 12.3. The van der Waals surface area contributed by atoms with E-state index in [0.717, 1.165) is 17.8 Å². The molecule has 0 aromatic heterocycles. The Kier molecular flexibility index (Phi) is 3.93.